The van der Waals surface area contributed by atoms with Crippen molar-refractivity contribution in [2.75, 3.05) is 18.1 Å². The van der Waals surface area contributed by atoms with Gasteiger partial charge in [-0.1, -0.05) is 35.9 Å². The zero-order valence-corrected chi connectivity index (χ0v) is 20.4. The van der Waals surface area contributed by atoms with Crippen LogP contribution in [0.25, 0.3) is 11.1 Å². The number of carboxylic acid groups (broad SMARTS) is 1. The largest absolute Gasteiger partial charge is 0.494 e. The van der Waals surface area contributed by atoms with Crippen LogP contribution < -0.4 is 14.4 Å². The normalized spacial score (nSPS) is 11.4. The van der Waals surface area contributed by atoms with Gasteiger partial charge in [-0.15, -0.1) is 0 Å². The summed E-state index contributed by atoms with van der Waals surface area (Å²) in [5, 5.41) is 10.0. The minimum atomic E-state index is -1.34. The first-order valence-corrected chi connectivity index (χ1v) is 11.7. The molecule has 0 saturated heterocycles. The maximum absolute atomic E-state index is 11.5. The molecule has 4 aromatic rings. The number of carbonyl (C=O) groups is 1. The average molecular weight is 495 g/mol. The fourth-order valence-electron chi connectivity index (χ4n) is 3.48. The Kier molecular flexibility index (Phi) is 7.46. The zero-order chi connectivity index (χ0) is 24.8. The maximum atomic E-state index is 11.5. The van der Waals surface area contributed by atoms with E-state index in [2.05, 4.69) is 4.98 Å². The molecule has 0 atom stereocenters. The van der Waals surface area contributed by atoms with E-state index in [-0.39, 0.29) is 0 Å². The molecule has 4 rings (SSSR count). The zero-order valence-electron chi connectivity index (χ0n) is 19.6. The number of hydrogen-bond donors (Lipinski definition) is 1. The molecule has 0 aliphatic heterocycles. The maximum Gasteiger partial charge on any atom is 0.347 e. The number of hydrogen-bond acceptors (Lipinski definition) is 6. The number of fused-ring (bicyclic) bond motifs is 1. The van der Waals surface area contributed by atoms with E-state index < -0.39 is 11.6 Å². The van der Waals surface area contributed by atoms with Crippen LogP contribution in [0, 0.1) is 0 Å². The summed E-state index contributed by atoms with van der Waals surface area (Å²) in [5.41, 5.74) is 1.09. The van der Waals surface area contributed by atoms with Gasteiger partial charge in [0.2, 0.25) is 0 Å². The number of benzene rings is 3. The number of para-hydroxylation sites is 2. The Morgan fingerprint density at radius 3 is 2.57 bits per heavy atom. The molecule has 0 aliphatic carbocycles. The van der Waals surface area contributed by atoms with Gasteiger partial charge in [-0.05, 0) is 74.4 Å². The molecule has 1 N–H and O–H groups in total. The van der Waals surface area contributed by atoms with Gasteiger partial charge in [-0.2, -0.15) is 4.98 Å². The molecule has 1 heterocycles. The summed E-state index contributed by atoms with van der Waals surface area (Å²) in [5.74, 6) is 0.212. The van der Waals surface area contributed by atoms with Crippen LogP contribution in [-0.2, 0) is 11.3 Å². The van der Waals surface area contributed by atoms with Crippen molar-refractivity contribution < 1.29 is 23.8 Å². The number of oxazole rings is 1. The highest BCUT2D eigenvalue weighted by molar-refractivity contribution is 6.30. The highest BCUT2D eigenvalue weighted by Crippen LogP contribution is 2.26. The molecule has 1 aromatic heterocycles. The van der Waals surface area contributed by atoms with E-state index >= 15 is 0 Å². The summed E-state index contributed by atoms with van der Waals surface area (Å²) in [7, 11) is 0. The molecule has 0 bridgehead atoms. The molecule has 182 valence electrons. The van der Waals surface area contributed by atoms with Gasteiger partial charge < -0.3 is 23.9 Å². The number of halogens is 1. The molecular weight excluding hydrogens is 468 g/mol. The molecule has 3 aromatic carbocycles. The van der Waals surface area contributed by atoms with E-state index in [9.17, 15) is 9.90 Å². The Labute approximate surface area is 208 Å². The van der Waals surface area contributed by atoms with E-state index in [1.54, 1.807) is 18.2 Å². The van der Waals surface area contributed by atoms with Crippen molar-refractivity contribution in [3.8, 4) is 11.5 Å². The highest BCUT2D eigenvalue weighted by atomic mass is 35.5. The summed E-state index contributed by atoms with van der Waals surface area (Å²) in [6.45, 7) is 4.68. The van der Waals surface area contributed by atoms with E-state index in [0.717, 1.165) is 23.3 Å². The van der Waals surface area contributed by atoms with Crippen LogP contribution in [0.4, 0.5) is 6.01 Å². The lowest BCUT2D eigenvalue weighted by Gasteiger charge is -2.23. The summed E-state index contributed by atoms with van der Waals surface area (Å²) in [4.78, 5) is 18.1. The Morgan fingerprint density at radius 1 is 1.06 bits per heavy atom. The second-order valence-corrected chi connectivity index (χ2v) is 9.04. The summed E-state index contributed by atoms with van der Waals surface area (Å²) < 4.78 is 17.6. The van der Waals surface area contributed by atoms with Gasteiger partial charge in [0.05, 0.1) is 6.61 Å². The van der Waals surface area contributed by atoms with E-state index in [1.165, 1.54) is 13.8 Å². The molecule has 0 spiro atoms. The number of rotatable bonds is 11. The number of anilines is 1. The Bertz CT molecular complexity index is 1250. The lowest BCUT2D eigenvalue weighted by atomic mass is 10.1. The molecule has 0 fully saturated rings. The Balaban J connectivity index is 1.48. The van der Waals surface area contributed by atoms with Crippen molar-refractivity contribution in [1.82, 2.24) is 4.98 Å². The molecule has 7 nitrogen and oxygen atoms in total. The minimum Gasteiger partial charge on any atom is -0.494 e. The fourth-order valence-corrected chi connectivity index (χ4v) is 3.61. The van der Waals surface area contributed by atoms with Crippen molar-refractivity contribution in [3.63, 3.8) is 0 Å². The monoisotopic (exact) mass is 494 g/mol. The number of carboxylic acids is 1. The van der Waals surface area contributed by atoms with Crippen LogP contribution >= 0.6 is 11.6 Å². The smallest absolute Gasteiger partial charge is 0.347 e. The summed E-state index contributed by atoms with van der Waals surface area (Å²) in [6, 6.07) is 22.8. The lowest BCUT2D eigenvalue weighted by molar-refractivity contribution is -0.152. The molecule has 0 unspecified atom stereocenters. The van der Waals surface area contributed by atoms with Gasteiger partial charge in [0, 0.05) is 18.1 Å². The number of aliphatic carboxylic acids is 1. The van der Waals surface area contributed by atoms with Crippen LogP contribution in [0.3, 0.4) is 0 Å². The number of ether oxygens (including phenoxy) is 2. The average Bonchev–Trinajstić information content (AvgIpc) is 3.26. The third kappa shape index (κ3) is 6.45. The van der Waals surface area contributed by atoms with Crippen molar-refractivity contribution >= 4 is 34.7 Å². The molecule has 0 amide bonds. The molecule has 0 saturated carbocycles. The first kappa shape index (κ1) is 24.4. The second-order valence-electron chi connectivity index (χ2n) is 8.61. The summed E-state index contributed by atoms with van der Waals surface area (Å²) >= 11 is 5.94. The van der Waals surface area contributed by atoms with Crippen LogP contribution in [0.15, 0.2) is 77.2 Å². The topological polar surface area (TPSA) is 85.0 Å². The minimum absolute atomic E-state index is 0.485. The fraction of sp³-hybridized carbons (Fsp3) is 0.259. The third-order valence-electron chi connectivity index (χ3n) is 5.37. The van der Waals surface area contributed by atoms with E-state index in [4.69, 9.17) is 25.5 Å². The summed E-state index contributed by atoms with van der Waals surface area (Å²) in [6.07, 6.45) is 0.726. The predicted octanol–water partition coefficient (Wildman–Crippen LogP) is 6.20. The van der Waals surface area contributed by atoms with Gasteiger partial charge in [0.1, 0.15) is 17.0 Å². The van der Waals surface area contributed by atoms with Gasteiger partial charge in [0.15, 0.2) is 11.2 Å². The standard InChI is InChI=1S/C27H27ClN2O5/c1-27(2,25(31)32)35-22-8-5-7-19(17-22)18-30(26-29-23-9-3-4-10-24(23)34-26)15-6-16-33-21-13-11-20(28)12-14-21/h3-5,7-14,17H,6,15-16,18H2,1-2H3,(H,31,32). The van der Waals surface area contributed by atoms with E-state index in [1.807, 2.05) is 59.5 Å². The van der Waals surface area contributed by atoms with Gasteiger partial charge in [-0.3, -0.25) is 0 Å². The molecule has 0 radical (unpaired) electrons. The SMILES string of the molecule is CC(C)(Oc1cccc(CN(CCCOc2ccc(Cl)cc2)c2nc3ccccc3o2)c1)C(=O)O. The van der Waals surface area contributed by atoms with Crippen molar-refractivity contribution in [1.29, 1.82) is 0 Å². The second kappa shape index (κ2) is 10.7. The van der Waals surface area contributed by atoms with Gasteiger partial charge in [0.25, 0.3) is 6.01 Å². The Hall–Kier alpha value is -3.71. The number of nitrogens with zero attached hydrogens (tertiary/aromatic N) is 2. The molecule has 0 aliphatic rings. The van der Waals surface area contributed by atoms with Crippen molar-refractivity contribution in [2.24, 2.45) is 0 Å². The molecular formula is C27H27ClN2O5. The van der Waals surface area contributed by atoms with Crippen LogP contribution in [0.5, 0.6) is 11.5 Å². The van der Waals surface area contributed by atoms with Crippen molar-refractivity contribution in [2.45, 2.75) is 32.4 Å². The molecule has 35 heavy (non-hydrogen) atoms. The van der Waals surface area contributed by atoms with Crippen LogP contribution in [-0.4, -0.2) is 34.8 Å². The third-order valence-corrected chi connectivity index (χ3v) is 5.62. The quantitative estimate of drug-likeness (QED) is 0.248. The number of aromatic nitrogens is 1. The highest BCUT2D eigenvalue weighted by Gasteiger charge is 2.29. The predicted molar refractivity (Wildman–Crippen MR) is 135 cm³/mol. The van der Waals surface area contributed by atoms with Gasteiger partial charge in [-0.25, -0.2) is 4.79 Å². The van der Waals surface area contributed by atoms with Crippen LogP contribution in [0.1, 0.15) is 25.8 Å². The van der Waals surface area contributed by atoms with Crippen LogP contribution in [0.2, 0.25) is 5.02 Å². The van der Waals surface area contributed by atoms with Gasteiger partial charge >= 0.3 is 5.97 Å². The molecule has 8 heteroatoms. The lowest BCUT2D eigenvalue weighted by Crippen LogP contribution is -2.37. The van der Waals surface area contributed by atoms with E-state index in [0.29, 0.717) is 42.1 Å². The Morgan fingerprint density at radius 2 is 1.83 bits per heavy atom. The van der Waals surface area contributed by atoms with Crippen molar-refractivity contribution in [3.05, 3.63) is 83.4 Å². The first-order chi connectivity index (χ1) is 16.8. The first-order valence-electron chi connectivity index (χ1n) is 11.3.